The Morgan fingerprint density at radius 2 is 2.05 bits per heavy atom. The number of carbonyl (C=O) groups excluding carboxylic acids is 1. The zero-order valence-electron chi connectivity index (χ0n) is 11.8. The third kappa shape index (κ3) is 7.55. The molecule has 0 atom stereocenters. The molecule has 19 heavy (non-hydrogen) atoms. The Morgan fingerprint density at radius 1 is 1.32 bits per heavy atom. The highest BCUT2D eigenvalue weighted by atomic mass is 35.5. The summed E-state index contributed by atoms with van der Waals surface area (Å²) in [4.78, 5) is 14.3. The van der Waals surface area contributed by atoms with E-state index in [2.05, 4.69) is 25.2 Å². The van der Waals surface area contributed by atoms with Gasteiger partial charge < -0.3 is 11.1 Å². The van der Waals surface area contributed by atoms with Crippen molar-refractivity contribution in [3.8, 4) is 0 Å². The Hall–Kier alpha value is -0.580. The van der Waals surface area contributed by atoms with Gasteiger partial charge in [0.15, 0.2) is 0 Å². The Labute approximate surface area is 126 Å². The van der Waals surface area contributed by atoms with Gasteiger partial charge in [0.2, 0.25) is 5.91 Å². The highest BCUT2D eigenvalue weighted by molar-refractivity contribution is 7.12. The van der Waals surface area contributed by atoms with Gasteiger partial charge in [0.05, 0.1) is 0 Å². The summed E-state index contributed by atoms with van der Waals surface area (Å²) in [5.41, 5.74) is 6.79. The smallest absolute Gasteiger partial charge is 0.220 e. The largest absolute Gasteiger partial charge is 0.356 e. The highest BCUT2D eigenvalue weighted by Crippen LogP contribution is 2.22. The van der Waals surface area contributed by atoms with Gasteiger partial charge in [-0.1, -0.05) is 0 Å². The molecule has 0 saturated heterocycles. The molecule has 1 heterocycles. The lowest BCUT2D eigenvalue weighted by molar-refractivity contribution is -0.121. The molecule has 3 N–H and O–H groups in total. The Kier molecular flexibility index (Phi) is 9.92. The van der Waals surface area contributed by atoms with E-state index in [-0.39, 0.29) is 18.3 Å². The lowest BCUT2D eigenvalue weighted by Gasteiger charge is -2.04. The number of nitrogens with two attached hydrogens (primary N) is 1. The maximum atomic E-state index is 11.5. The van der Waals surface area contributed by atoms with E-state index in [4.69, 9.17) is 5.73 Å². The quantitative estimate of drug-likeness (QED) is 0.726. The first-order valence-electron chi connectivity index (χ1n) is 6.66. The fourth-order valence-electron chi connectivity index (χ4n) is 1.96. The van der Waals surface area contributed by atoms with Gasteiger partial charge in [0.25, 0.3) is 0 Å². The number of halogens is 1. The van der Waals surface area contributed by atoms with Crippen LogP contribution in [0.4, 0.5) is 0 Å². The Morgan fingerprint density at radius 3 is 2.63 bits per heavy atom. The summed E-state index contributed by atoms with van der Waals surface area (Å²) in [7, 11) is 0. The molecular formula is C14H25ClN2OS. The third-order valence-electron chi connectivity index (χ3n) is 2.95. The molecule has 0 spiro atoms. The van der Waals surface area contributed by atoms with Crippen molar-refractivity contribution in [2.45, 2.75) is 46.0 Å². The molecule has 1 aromatic heterocycles. The minimum Gasteiger partial charge on any atom is -0.356 e. The minimum absolute atomic E-state index is 0. The summed E-state index contributed by atoms with van der Waals surface area (Å²) in [5, 5.41) is 2.93. The molecule has 3 nitrogen and oxygen atoms in total. The van der Waals surface area contributed by atoms with E-state index in [0.29, 0.717) is 13.0 Å². The second-order valence-electron chi connectivity index (χ2n) is 4.64. The van der Waals surface area contributed by atoms with Gasteiger partial charge in [-0.25, -0.2) is 0 Å². The predicted molar refractivity (Wildman–Crippen MR) is 85.3 cm³/mol. The average Bonchev–Trinajstić information content (AvgIpc) is 2.64. The van der Waals surface area contributed by atoms with Crippen molar-refractivity contribution in [1.82, 2.24) is 5.32 Å². The normalized spacial score (nSPS) is 10.1. The van der Waals surface area contributed by atoms with Gasteiger partial charge >= 0.3 is 0 Å². The van der Waals surface area contributed by atoms with E-state index in [1.54, 1.807) is 0 Å². The lowest BCUT2D eigenvalue weighted by atomic mass is 10.1. The number of carbonyl (C=O) groups is 1. The number of hydrogen-bond acceptors (Lipinski definition) is 3. The minimum atomic E-state index is 0. The first kappa shape index (κ1) is 18.4. The SMILES string of the molecule is Cc1cc(CCCC(=O)NCCCCN)c(C)s1.Cl. The fourth-order valence-corrected chi connectivity index (χ4v) is 2.93. The summed E-state index contributed by atoms with van der Waals surface area (Å²) < 4.78 is 0. The number of aryl methyl sites for hydroxylation is 3. The molecule has 0 saturated carbocycles. The summed E-state index contributed by atoms with van der Waals surface area (Å²) in [6.45, 7) is 5.74. The van der Waals surface area contributed by atoms with Gasteiger partial charge in [-0.15, -0.1) is 23.7 Å². The van der Waals surface area contributed by atoms with Crippen LogP contribution in [0.15, 0.2) is 6.07 Å². The first-order valence-corrected chi connectivity index (χ1v) is 7.48. The van der Waals surface area contributed by atoms with E-state index < -0.39 is 0 Å². The molecule has 1 amide bonds. The molecule has 1 aromatic rings. The van der Waals surface area contributed by atoms with Crippen molar-refractivity contribution >= 4 is 29.7 Å². The van der Waals surface area contributed by atoms with E-state index in [1.165, 1.54) is 15.3 Å². The van der Waals surface area contributed by atoms with Crippen LogP contribution in [0.5, 0.6) is 0 Å². The van der Waals surface area contributed by atoms with Gasteiger partial charge in [0, 0.05) is 22.7 Å². The van der Waals surface area contributed by atoms with Crippen LogP contribution in [0.25, 0.3) is 0 Å². The van der Waals surface area contributed by atoms with Crippen LogP contribution in [-0.4, -0.2) is 19.0 Å². The Bertz CT molecular complexity index is 380. The van der Waals surface area contributed by atoms with Crippen molar-refractivity contribution in [3.63, 3.8) is 0 Å². The number of unbranched alkanes of at least 4 members (excludes halogenated alkanes) is 1. The van der Waals surface area contributed by atoms with Gasteiger partial charge in [-0.2, -0.15) is 0 Å². The van der Waals surface area contributed by atoms with Crippen molar-refractivity contribution in [3.05, 3.63) is 21.4 Å². The summed E-state index contributed by atoms with van der Waals surface area (Å²) in [5.74, 6) is 0.164. The summed E-state index contributed by atoms with van der Waals surface area (Å²) in [6, 6.07) is 2.24. The molecular weight excluding hydrogens is 280 g/mol. The average molecular weight is 305 g/mol. The van der Waals surface area contributed by atoms with Crippen LogP contribution < -0.4 is 11.1 Å². The molecule has 0 aliphatic carbocycles. The van der Waals surface area contributed by atoms with Crippen molar-refractivity contribution < 1.29 is 4.79 Å². The fraction of sp³-hybridized carbons (Fsp3) is 0.643. The van der Waals surface area contributed by atoms with Crippen LogP contribution in [-0.2, 0) is 11.2 Å². The molecule has 0 fully saturated rings. The van der Waals surface area contributed by atoms with Crippen molar-refractivity contribution in [2.24, 2.45) is 5.73 Å². The van der Waals surface area contributed by atoms with Crippen LogP contribution >= 0.6 is 23.7 Å². The third-order valence-corrected chi connectivity index (χ3v) is 3.96. The highest BCUT2D eigenvalue weighted by Gasteiger charge is 2.05. The predicted octanol–water partition coefficient (Wildman–Crippen LogP) is 2.96. The maximum Gasteiger partial charge on any atom is 0.220 e. The standard InChI is InChI=1S/C14H24N2OS.ClH/c1-11-10-13(12(2)18-11)6-5-7-14(17)16-9-4-3-8-15;/h10H,3-9,15H2,1-2H3,(H,16,17);1H. The molecule has 0 bridgehead atoms. The van der Waals surface area contributed by atoms with Crippen LogP contribution in [0.3, 0.4) is 0 Å². The van der Waals surface area contributed by atoms with Crippen LogP contribution in [0.2, 0.25) is 0 Å². The first-order chi connectivity index (χ1) is 8.63. The molecule has 0 radical (unpaired) electrons. The lowest BCUT2D eigenvalue weighted by Crippen LogP contribution is -2.24. The second kappa shape index (κ2) is 10.2. The van der Waals surface area contributed by atoms with Crippen molar-refractivity contribution in [1.29, 1.82) is 0 Å². The summed E-state index contributed by atoms with van der Waals surface area (Å²) >= 11 is 1.84. The number of amides is 1. The number of thiophene rings is 1. The number of hydrogen-bond donors (Lipinski definition) is 2. The van der Waals surface area contributed by atoms with E-state index in [9.17, 15) is 4.79 Å². The topological polar surface area (TPSA) is 55.1 Å². The van der Waals surface area contributed by atoms with Crippen LogP contribution in [0.1, 0.15) is 41.0 Å². The zero-order chi connectivity index (χ0) is 13.4. The monoisotopic (exact) mass is 304 g/mol. The van der Waals surface area contributed by atoms with Gasteiger partial charge in [0.1, 0.15) is 0 Å². The molecule has 110 valence electrons. The molecule has 0 aromatic carbocycles. The van der Waals surface area contributed by atoms with E-state index in [1.807, 2.05) is 11.3 Å². The maximum absolute atomic E-state index is 11.5. The van der Waals surface area contributed by atoms with Crippen molar-refractivity contribution in [2.75, 3.05) is 13.1 Å². The van der Waals surface area contributed by atoms with E-state index >= 15 is 0 Å². The number of rotatable bonds is 8. The molecule has 1 rings (SSSR count). The zero-order valence-corrected chi connectivity index (χ0v) is 13.5. The molecule has 0 aliphatic rings. The molecule has 0 unspecified atom stereocenters. The van der Waals surface area contributed by atoms with Crippen LogP contribution in [0, 0.1) is 13.8 Å². The Balaban J connectivity index is 0.00000324. The molecule has 0 aliphatic heterocycles. The van der Waals surface area contributed by atoms with E-state index in [0.717, 1.165) is 32.2 Å². The van der Waals surface area contributed by atoms with Gasteiger partial charge in [-0.3, -0.25) is 4.79 Å². The molecule has 5 heteroatoms. The second-order valence-corrected chi connectivity index (χ2v) is 6.10. The summed E-state index contributed by atoms with van der Waals surface area (Å²) in [6.07, 6.45) is 4.52. The number of nitrogens with one attached hydrogen (secondary N) is 1. The van der Waals surface area contributed by atoms with Gasteiger partial charge in [-0.05, 0) is 57.7 Å².